The van der Waals surface area contributed by atoms with Crippen LogP contribution < -0.4 is 11.1 Å². The number of carbonyl (C=O) groups excluding carboxylic acids is 1. The lowest BCUT2D eigenvalue weighted by Gasteiger charge is -2.17. The highest BCUT2D eigenvalue weighted by Crippen LogP contribution is 2.12. The van der Waals surface area contributed by atoms with Crippen LogP contribution in [0.5, 0.6) is 0 Å². The summed E-state index contributed by atoms with van der Waals surface area (Å²) in [5.41, 5.74) is 7.78. The quantitative estimate of drug-likeness (QED) is 0.602. The van der Waals surface area contributed by atoms with Gasteiger partial charge in [0.25, 0.3) is 0 Å². The van der Waals surface area contributed by atoms with Gasteiger partial charge in [-0.15, -0.1) is 0 Å². The van der Waals surface area contributed by atoms with Gasteiger partial charge in [-0.2, -0.15) is 0 Å². The van der Waals surface area contributed by atoms with Gasteiger partial charge >= 0.3 is 0 Å². The molecule has 1 rings (SSSR count). The van der Waals surface area contributed by atoms with Gasteiger partial charge in [0.1, 0.15) is 0 Å². The fourth-order valence-corrected chi connectivity index (χ4v) is 1.53. The van der Waals surface area contributed by atoms with Crippen LogP contribution in [0, 0.1) is 0 Å². The maximum Gasteiger partial charge on any atom is 0.219 e. The van der Waals surface area contributed by atoms with Gasteiger partial charge in [0.2, 0.25) is 5.91 Å². The second kappa shape index (κ2) is 4.16. The van der Waals surface area contributed by atoms with Crippen molar-refractivity contribution in [1.29, 1.82) is 0 Å². The van der Waals surface area contributed by atoms with E-state index in [1.807, 2.05) is 11.9 Å². The minimum absolute atomic E-state index is 0.130. The maximum absolute atomic E-state index is 11.1. The molecule has 0 spiro atoms. The number of rotatable bonds is 1. The Labute approximate surface area is 78.8 Å². The number of nitrogens with zero attached hydrogens (tertiary/aromatic N) is 1. The first-order valence-electron chi connectivity index (χ1n) is 4.56. The number of nitrogens with one attached hydrogen (secondary N) is 1. The van der Waals surface area contributed by atoms with Gasteiger partial charge in [0, 0.05) is 51.3 Å². The molecule has 0 fully saturated rings. The van der Waals surface area contributed by atoms with Gasteiger partial charge in [0.15, 0.2) is 0 Å². The average molecular weight is 183 g/mol. The fraction of sp³-hybridized carbons (Fsp3) is 0.667. The summed E-state index contributed by atoms with van der Waals surface area (Å²) in [5, 5.41) is 3.07. The topological polar surface area (TPSA) is 58.4 Å². The third-order valence-electron chi connectivity index (χ3n) is 2.42. The van der Waals surface area contributed by atoms with Gasteiger partial charge in [-0.25, -0.2) is 0 Å². The molecule has 4 nitrogen and oxygen atoms in total. The van der Waals surface area contributed by atoms with Crippen molar-refractivity contribution in [3.8, 4) is 0 Å². The van der Waals surface area contributed by atoms with Crippen LogP contribution in [-0.2, 0) is 4.79 Å². The van der Waals surface area contributed by atoms with Crippen molar-refractivity contribution in [2.75, 3.05) is 20.1 Å². The molecule has 0 unspecified atom stereocenters. The molecule has 1 heterocycles. The van der Waals surface area contributed by atoms with Gasteiger partial charge in [-0.3, -0.25) is 4.79 Å². The summed E-state index contributed by atoms with van der Waals surface area (Å²) in [6, 6.07) is 0. The summed E-state index contributed by atoms with van der Waals surface area (Å²) in [7, 11) is 1.87. The number of amides is 1. The molecule has 1 aliphatic heterocycles. The maximum atomic E-state index is 11.1. The summed E-state index contributed by atoms with van der Waals surface area (Å²) in [6.07, 6.45) is 1.61. The van der Waals surface area contributed by atoms with E-state index in [4.69, 9.17) is 5.73 Å². The van der Waals surface area contributed by atoms with Crippen LogP contribution in [0.3, 0.4) is 0 Å². The normalized spacial score (nSPS) is 18.5. The Hall–Kier alpha value is -1.19. The molecule has 0 bridgehead atoms. The van der Waals surface area contributed by atoms with Crippen LogP contribution in [-0.4, -0.2) is 30.9 Å². The summed E-state index contributed by atoms with van der Waals surface area (Å²) in [5.74, 6) is 0.130. The number of hydrogen-bond acceptors (Lipinski definition) is 3. The molecule has 0 aromatic carbocycles. The molecule has 0 aromatic rings. The third-order valence-corrected chi connectivity index (χ3v) is 2.42. The van der Waals surface area contributed by atoms with Crippen molar-refractivity contribution >= 4 is 5.91 Å². The smallest absolute Gasteiger partial charge is 0.219 e. The van der Waals surface area contributed by atoms with Crippen molar-refractivity contribution in [1.82, 2.24) is 10.2 Å². The van der Waals surface area contributed by atoms with Crippen LogP contribution >= 0.6 is 0 Å². The lowest BCUT2D eigenvalue weighted by atomic mass is 10.2. The van der Waals surface area contributed by atoms with E-state index in [0.29, 0.717) is 0 Å². The second-order valence-corrected chi connectivity index (χ2v) is 3.26. The monoisotopic (exact) mass is 183 g/mol. The van der Waals surface area contributed by atoms with Crippen molar-refractivity contribution in [2.24, 2.45) is 5.73 Å². The van der Waals surface area contributed by atoms with E-state index in [1.165, 1.54) is 0 Å². The Morgan fingerprint density at radius 1 is 1.46 bits per heavy atom. The molecule has 1 aliphatic rings. The highest BCUT2D eigenvalue weighted by Gasteiger charge is 2.15. The Kier molecular flexibility index (Phi) is 3.17. The highest BCUT2D eigenvalue weighted by atomic mass is 16.2. The Bertz CT molecular complexity index is 235. The molecule has 0 saturated carbocycles. The largest absolute Gasteiger partial charge is 0.401 e. The van der Waals surface area contributed by atoms with E-state index in [-0.39, 0.29) is 5.91 Å². The molecule has 3 N–H and O–H groups in total. The van der Waals surface area contributed by atoms with E-state index in [2.05, 4.69) is 5.32 Å². The molecule has 0 saturated heterocycles. The predicted molar refractivity (Wildman–Crippen MR) is 51.8 cm³/mol. The minimum atomic E-state index is 0.130. The molecular weight excluding hydrogens is 166 g/mol. The summed E-state index contributed by atoms with van der Waals surface area (Å²) >= 11 is 0. The molecule has 4 heteroatoms. The predicted octanol–water partition coefficient (Wildman–Crippen LogP) is 0.0184. The van der Waals surface area contributed by atoms with Crippen LogP contribution in [0.2, 0.25) is 0 Å². The average Bonchev–Trinajstić information content (AvgIpc) is 2.27. The van der Waals surface area contributed by atoms with Crippen molar-refractivity contribution in [2.45, 2.75) is 19.8 Å². The Balaban J connectivity index is 2.62. The first-order chi connectivity index (χ1) is 6.15. The van der Waals surface area contributed by atoms with Gasteiger partial charge < -0.3 is 16.0 Å². The van der Waals surface area contributed by atoms with E-state index in [9.17, 15) is 4.79 Å². The zero-order valence-corrected chi connectivity index (χ0v) is 8.26. The van der Waals surface area contributed by atoms with Crippen LogP contribution in [0.1, 0.15) is 19.8 Å². The highest BCUT2D eigenvalue weighted by molar-refractivity contribution is 5.73. The molecule has 0 radical (unpaired) electrons. The van der Waals surface area contributed by atoms with E-state index in [1.54, 1.807) is 6.92 Å². The standard InChI is InChI=1S/C9H17N3O/c1-7(13)12-5-3-8(10)9(11-2)4-6-12/h11H,3-6,10H2,1-2H3. The number of nitrogens with two attached hydrogens (primary N) is 1. The summed E-state index contributed by atoms with van der Waals surface area (Å²) in [4.78, 5) is 12.9. The summed E-state index contributed by atoms with van der Waals surface area (Å²) in [6.45, 7) is 3.11. The van der Waals surface area contributed by atoms with Gasteiger partial charge in [-0.1, -0.05) is 0 Å². The van der Waals surface area contributed by atoms with E-state index in [0.717, 1.165) is 37.3 Å². The first kappa shape index (κ1) is 9.89. The SMILES string of the molecule is CNC1=C(N)CCN(C(C)=O)CC1. The summed E-state index contributed by atoms with van der Waals surface area (Å²) < 4.78 is 0. The molecular formula is C9H17N3O. The first-order valence-corrected chi connectivity index (χ1v) is 4.56. The van der Waals surface area contributed by atoms with Crippen LogP contribution in [0.25, 0.3) is 0 Å². The van der Waals surface area contributed by atoms with Crippen LogP contribution in [0.15, 0.2) is 11.4 Å². The molecule has 1 amide bonds. The van der Waals surface area contributed by atoms with Crippen LogP contribution in [0.4, 0.5) is 0 Å². The Morgan fingerprint density at radius 2 is 2.08 bits per heavy atom. The van der Waals surface area contributed by atoms with Crippen molar-refractivity contribution in [3.05, 3.63) is 11.4 Å². The van der Waals surface area contributed by atoms with Gasteiger partial charge in [-0.05, 0) is 0 Å². The van der Waals surface area contributed by atoms with Crippen molar-refractivity contribution in [3.63, 3.8) is 0 Å². The zero-order chi connectivity index (χ0) is 9.84. The van der Waals surface area contributed by atoms with E-state index < -0.39 is 0 Å². The minimum Gasteiger partial charge on any atom is -0.401 e. The van der Waals surface area contributed by atoms with Crippen molar-refractivity contribution < 1.29 is 4.79 Å². The second-order valence-electron chi connectivity index (χ2n) is 3.26. The number of carbonyl (C=O) groups is 1. The Morgan fingerprint density at radius 3 is 2.62 bits per heavy atom. The molecule has 13 heavy (non-hydrogen) atoms. The van der Waals surface area contributed by atoms with E-state index >= 15 is 0 Å². The lowest BCUT2D eigenvalue weighted by Crippen LogP contribution is -2.30. The number of hydrogen-bond donors (Lipinski definition) is 2. The third kappa shape index (κ3) is 2.37. The molecule has 0 aromatic heterocycles. The molecule has 74 valence electrons. The molecule has 0 aliphatic carbocycles. The molecule has 0 atom stereocenters. The zero-order valence-electron chi connectivity index (χ0n) is 8.26. The lowest BCUT2D eigenvalue weighted by molar-refractivity contribution is -0.128. The van der Waals surface area contributed by atoms with Gasteiger partial charge in [0.05, 0.1) is 0 Å². The fourth-order valence-electron chi connectivity index (χ4n) is 1.53.